The summed E-state index contributed by atoms with van der Waals surface area (Å²) in [6.07, 6.45) is 2.89. The molecule has 1 amide bonds. The first-order valence-corrected chi connectivity index (χ1v) is 6.71. The van der Waals surface area contributed by atoms with E-state index >= 15 is 0 Å². The molecule has 0 saturated carbocycles. The average molecular weight is 259 g/mol. The van der Waals surface area contributed by atoms with Crippen LogP contribution in [0.2, 0.25) is 0 Å². The zero-order valence-electron chi connectivity index (χ0n) is 11.5. The highest BCUT2D eigenvalue weighted by Gasteiger charge is 2.08. The van der Waals surface area contributed by atoms with Crippen LogP contribution in [0.5, 0.6) is 0 Å². The first-order chi connectivity index (χ1) is 9.13. The summed E-state index contributed by atoms with van der Waals surface area (Å²) in [5.74, 6) is 0.0507. The van der Waals surface area contributed by atoms with E-state index in [0.717, 1.165) is 22.9 Å². The second-order valence-corrected chi connectivity index (χ2v) is 4.92. The summed E-state index contributed by atoms with van der Waals surface area (Å²) < 4.78 is 1.97. The monoisotopic (exact) mass is 259 g/mol. The van der Waals surface area contributed by atoms with Crippen molar-refractivity contribution in [3.8, 4) is 0 Å². The third kappa shape index (κ3) is 3.15. The number of nitrogens with one attached hydrogen (secondary N) is 1. The Kier molecular flexibility index (Phi) is 4.22. The first-order valence-electron chi connectivity index (χ1n) is 6.71. The topological polar surface area (TPSA) is 60.0 Å². The Morgan fingerprint density at radius 1 is 1.42 bits per heavy atom. The van der Waals surface area contributed by atoms with Gasteiger partial charge in [0.2, 0.25) is 5.91 Å². The van der Waals surface area contributed by atoms with Crippen LogP contribution in [-0.4, -0.2) is 16.5 Å². The highest BCUT2D eigenvalue weighted by atomic mass is 16.2. The van der Waals surface area contributed by atoms with Gasteiger partial charge in [-0.15, -0.1) is 0 Å². The number of benzene rings is 1. The molecule has 0 bridgehead atoms. The summed E-state index contributed by atoms with van der Waals surface area (Å²) in [5.41, 5.74) is 7.80. The van der Waals surface area contributed by atoms with Crippen molar-refractivity contribution < 1.29 is 4.79 Å². The number of rotatable bonds is 5. The lowest BCUT2D eigenvalue weighted by atomic mass is 10.1. The van der Waals surface area contributed by atoms with E-state index in [-0.39, 0.29) is 11.9 Å². The molecule has 1 heterocycles. The lowest BCUT2D eigenvalue weighted by Crippen LogP contribution is -2.34. The van der Waals surface area contributed by atoms with Gasteiger partial charge in [0, 0.05) is 24.3 Å². The van der Waals surface area contributed by atoms with Gasteiger partial charge < -0.3 is 15.6 Å². The zero-order valence-corrected chi connectivity index (χ0v) is 11.5. The number of amides is 1. The van der Waals surface area contributed by atoms with Crippen molar-refractivity contribution in [2.75, 3.05) is 0 Å². The SMILES string of the molecule is CCC(C)NC(=O)Cn1ccc2cc(CN)ccc21. The molecule has 0 aliphatic heterocycles. The number of aromatic nitrogens is 1. The number of carbonyl (C=O) groups excluding carboxylic acids is 1. The molecule has 0 aliphatic carbocycles. The minimum absolute atomic E-state index is 0.0507. The van der Waals surface area contributed by atoms with Gasteiger partial charge in [-0.25, -0.2) is 0 Å². The Balaban J connectivity index is 2.15. The van der Waals surface area contributed by atoms with Crippen molar-refractivity contribution in [3.05, 3.63) is 36.0 Å². The lowest BCUT2D eigenvalue weighted by molar-refractivity contribution is -0.122. The summed E-state index contributed by atoms with van der Waals surface area (Å²) in [5, 5.41) is 4.10. The third-order valence-electron chi connectivity index (χ3n) is 3.40. The molecule has 4 nitrogen and oxygen atoms in total. The van der Waals surface area contributed by atoms with Gasteiger partial charge in [0.1, 0.15) is 6.54 Å². The Hall–Kier alpha value is -1.81. The summed E-state index contributed by atoms with van der Waals surface area (Å²) in [4.78, 5) is 11.9. The Morgan fingerprint density at radius 2 is 2.21 bits per heavy atom. The van der Waals surface area contributed by atoms with Crippen LogP contribution in [0.4, 0.5) is 0 Å². The van der Waals surface area contributed by atoms with Crippen LogP contribution in [0.1, 0.15) is 25.8 Å². The van der Waals surface area contributed by atoms with Gasteiger partial charge in [-0.05, 0) is 42.5 Å². The minimum atomic E-state index is 0.0507. The fraction of sp³-hybridized carbons (Fsp3) is 0.400. The van der Waals surface area contributed by atoms with Gasteiger partial charge in [0.25, 0.3) is 0 Å². The van der Waals surface area contributed by atoms with Gasteiger partial charge in [0.15, 0.2) is 0 Å². The maximum Gasteiger partial charge on any atom is 0.240 e. The highest BCUT2D eigenvalue weighted by molar-refractivity contribution is 5.83. The van der Waals surface area contributed by atoms with Crippen molar-refractivity contribution in [3.63, 3.8) is 0 Å². The lowest BCUT2D eigenvalue weighted by Gasteiger charge is -2.12. The molecule has 0 saturated heterocycles. The van der Waals surface area contributed by atoms with Crippen LogP contribution in [-0.2, 0) is 17.9 Å². The number of nitrogens with two attached hydrogens (primary N) is 1. The van der Waals surface area contributed by atoms with E-state index in [1.165, 1.54) is 0 Å². The van der Waals surface area contributed by atoms with Gasteiger partial charge >= 0.3 is 0 Å². The average Bonchev–Trinajstić information content (AvgIpc) is 2.80. The fourth-order valence-corrected chi connectivity index (χ4v) is 2.09. The van der Waals surface area contributed by atoms with E-state index in [4.69, 9.17) is 5.73 Å². The van der Waals surface area contributed by atoms with E-state index in [2.05, 4.69) is 18.3 Å². The largest absolute Gasteiger partial charge is 0.352 e. The molecule has 0 spiro atoms. The summed E-state index contributed by atoms with van der Waals surface area (Å²) in [7, 11) is 0. The third-order valence-corrected chi connectivity index (χ3v) is 3.40. The zero-order chi connectivity index (χ0) is 13.8. The molecular formula is C15H21N3O. The van der Waals surface area contributed by atoms with E-state index in [1.54, 1.807) is 0 Å². The van der Waals surface area contributed by atoms with Crippen molar-refractivity contribution in [1.82, 2.24) is 9.88 Å². The molecule has 1 atom stereocenters. The van der Waals surface area contributed by atoms with E-state index in [9.17, 15) is 4.79 Å². The van der Waals surface area contributed by atoms with Crippen molar-refractivity contribution in [1.29, 1.82) is 0 Å². The quantitative estimate of drug-likeness (QED) is 0.863. The Bertz CT molecular complexity index is 574. The number of carbonyl (C=O) groups is 1. The molecular weight excluding hydrogens is 238 g/mol. The maximum atomic E-state index is 11.9. The van der Waals surface area contributed by atoms with Crippen LogP contribution in [0.15, 0.2) is 30.5 Å². The van der Waals surface area contributed by atoms with Crippen LogP contribution >= 0.6 is 0 Å². The predicted octanol–water partition coefficient (Wildman–Crippen LogP) is 2.01. The molecule has 1 aromatic heterocycles. The molecule has 102 valence electrons. The molecule has 0 aliphatic rings. The van der Waals surface area contributed by atoms with Gasteiger partial charge in [-0.1, -0.05) is 13.0 Å². The molecule has 19 heavy (non-hydrogen) atoms. The predicted molar refractivity (Wildman–Crippen MR) is 77.7 cm³/mol. The van der Waals surface area contributed by atoms with Gasteiger partial charge in [-0.2, -0.15) is 0 Å². The van der Waals surface area contributed by atoms with Crippen molar-refractivity contribution >= 4 is 16.8 Å². The van der Waals surface area contributed by atoms with Crippen LogP contribution in [0.3, 0.4) is 0 Å². The number of hydrogen-bond donors (Lipinski definition) is 2. The van der Waals surface area contributed by atoms with Crippen LogP contribution in [0.25, 0.3) is 10.9 Å². The second kappa shape index (κ2) is 5.89. The molecule has 1 aromatic carbocycles. The van der Waals surface area contributed by atoms with Crippen molar-refractivity contribution in [2.45, 2.75) is 39.4 Å². The molecule has 0 radical (unpaired) electrons. The number of hydrogen-bond acceptors (Lipinski definition) is 2. The molecule has 1 unspecified atom stereocenters. The summed E-state index contributed by atoms with van der Waals surface area (Å²) >= 11 is 0. The van der Waals surface area contributed by atoms with Crippen LogP contribution in [0, 0.1) is 0 Å². The van der Waals surface area contributed by atoms with E-state index in [0.29, 0.717) is 13.1 Å². The number of nitrogens with zero attached hydrogens (tertiary/aromatic N) is 1. The maximum absolute atomic E-state index is 11.9. The minimum Gasteiger partial charge on any atom is -0.352 e. The Labute approximate surface area is 113 Å². The van der Waals surface area contributed by atoms with Gasteiger partial charge in [0.05, 0.1) is 0 Å². The summed E-state index contributed by atoms with van der Waals surface area (Å²) in [6, 6.07) is 8.33. The van der Waals surface area contributed by atoms with Crippen LogP contribution < -0.4 is 11.1 Å². The second-order valence-electron chi connectivity index (χ2n) is 4.92. The van der Waals surface area contributed by atoms with E-state index < -0.39 is 0 Å². The normalized spacial score (nSPS) is 12.6. The first kappa shape index (κ1) is 13.6. The Morgan fingerprint density at radius 3 is 2.89 bits per heavy atom. The fourth-order valence-electron chi connectivity index (χ4n) is 2.09. The molecule has 0 fully saturated rings. The molecule has 3 N–H and O–H groups in total. The molecule has 2 rings (SSSR count). The van der Waals surface area contributed by atoms with E-state index in [1.807, 2.05) is 35.9 Å². The highest BCUT2D eigenvalue weighted by Crippen LogP contribution is 2.17. The molecule has 2 aromatic rings. The number of fused-ring (bicyclic) bond motifs is 1. The van der Waals surface area contributed by atoms with Gasteiger partial charge in [-0.3, -0.25) is 4.79 Å². The smallest absolute Gasteiger partial charge is 0.240 e. The molecule has 4 heteroatoms. The van der Waals surface area contributed by atoms with Crippen molar-refractivity contribution in [2.24, 2.45) is 5.73 Å². The summed E-state index contributed by atoms with van der Waals surface area (Å²) in [6.45, 7) is 4.97. The standard InChI is InChI=1S/C15H21N3O/c1-3-11(2)17-15(19)10-18-7-6-13-8-12(9-16)4-5-14(13)18/h4-8,11H,3,9-10,16H2,1-2H3,(H,17,19).